The standard InChI is InChI=1S/C25H34N4O3/c1-31-24-8-6-23(7-9-24)29-12-10-22(11-13-29)27-25(30)26-18-20-4-2-3-5-21(20)19-28-14-16-32-17-15-28/h2-9,22H,10-19H2,1H3,(H2,26,27,30). The number of hydrogen-bond donors (Lipinski definition) is 2. The Balaban J connectivity index is 1.22. The van der Waals surface area contributed by atoms with Crippen LogP contribution in [-0.2, 0) is 17.8 Å². The predicted octanol–water partition coefficient (Wildman–Crippen LogP) is 3.00. The van der Waals surface area contributed by atoms with Crippen LogP contribution in [0.2, 0.25) is 0 Å². The molecule has 0 atom stereocenters. The van der Waals surface area contributed by atoms with Crippen LogP contribution < -0.4 is 20.3 Å². The first kappa shape index (κ1) is 22.4. The SMILES string of the molecule is COc1ccc(N2CCC(NC(=O)NCc3ccccc3CN3CCOCC3)CC2)cc1. The fourth-order valence-corrected chi connectivity index (χ4v) is 4.37. The van der Waals surface area contributed by atoms with Crippen LogP contribution in [0, 0.1) is 0 Å². The molecule has 2 aliphatic heterocycles. The van der Waals surface area contributed by atoms with Crippen LogP contribution >= 0.6 is 0 Å². The molecular weight excluding hydrogens is 404 g/mol. The lowest BCUT2D eigenvalue weighted by atomic mass is 10.0. The number of carbonyl (C=O) groups excluding carboxylic acids is 1. The van der Waals surface area contributed by atoms with Crippen molar-refractivity contribution in [3.8, 4) is 5.75 Å². The van der Waals surface area contributed by atoms with Crippen molar-refractivity contribution >= 4 is 11.7 Å². The summed E-state index contributed by atoms with van der Waals surface area (Å²) in [4.78, 5) is 17.3. The molecule has 2 saturated heterocycles. The van der Waals surface area contributed by atoms with Crippen molar-refractivity contribution in [2.45, 2.75) is 32.0 Å². The van der Waals surface area contributed by atoms with Crippen LogP contribution in [0.4, 0.5) is 10.5 Å². The summed E-state index contributed by atoms with van der Waals surface area (Å²) in [6, 6.07) is 16.6. The number of methoxy groups -OCH3 is 1. The van der Waals surface area contributed by atoms with E-state index in [-0.39, 0.29) is 12.1 Å². The van der Waals surface area contributed by atoms with Gasteiger partial charge in [0.15, 0.2) is 0 Å². The number of morpholine rings is 1. The third kappa shape index (κ3) is 6.14. The molecule has 2 aromatic rings. The average molecular weight is 439 g/mol. The molecule has 4 rings (SSSR count). The number of piperidine rings is 1. The number of carbonyl (C=O) groups is 1. The number of ether oxygens (including phenoxy) is 2. The summed E-state index contributed by atoms with van der Waals surface area (Å²) in [7, 11) is 1.68. The molecule has 2 fully saturated rings. The second-order valence-electron chi connectivity index (χ2n) is 8.44. The maximum absolute atomic E-state index is 12.5. The quantitative estimate of drug-likeness (QED) is 0.696. The van der Waals surface area contributed by atoms with Gasteiger partial charge in [0, 0.05) is 51.0 Å². The van der Waals surface area contributed by atoms with Crippen molar-refractivity contribution in [3.63, 3.8) is 0 Å². The third-order valence-electron chi connectivity index (χ3n) is 6.32. The van der Waals surface area contributed by atoms with Gasteiger partial charge in [0.05, 0.1) is 20.3 Å². The molecule has 7 nitrogen and oxygen atoms in total. The number of urea groups is 1. The van der Waals surface area contributed by atoms with Gasteiger partial charge in [-0.15, -0.1) is 0 Å². The molecular formula is C25H34N4O3. The highest BCUT2D eigenvalue weighted by Gasteiger charge is 2.21. The molecule has 2 aliphatic rings. The number of nitrogens with zero attached hydrogens (tertiary/aromatic N) is 2. The lowest BCUT2D eigenvalue weighted by Gasteiger charge is -2.34. The van der Waals surface area contributed by atoms with Crippen LogP contribution in [0.25, 0.3) is 0 Å². The Labute approximate surface area is 190 Å². The third-order valence-corrected chi connectivity index (χ3v) is 6.32. The van der Waals surface area contributed by atoms with E-state index in [0.29, 0.717) is 6.54 Å². The number of hydrogen-bond acceptors (Lipinski definition) is 5. The minimum Gasteiger partial charge on any atom is -0.497 e. The zero-order valence-corrected chi connectivity index (χ0v) is 18.9. The van der Waals surface area contributed by atoms with Gasteiger partial charge < -0.3 is 25.0 Å². The normalized spacial score (nSPS) is 17.7. The van der Waals surface area contributed by atoms with Gasteiger partial charge in [-0.2, -0.15) is 0 Å². The van der Waals surface area contributed by atoms with E-state index in [4.69, 9.17) is 9.47 Å². The van der Waals surface area contributed by atoms with Crippen LogP contribution in [0.1, 0.15) is 24.0 Å². The van der Waals surface area contributed by atoms with Crippen LogP contribution in [-0.4, -0.2) is 63.5 Å². The van der Waals surface area contributed by atoms with E-state index in [1.54, 1.807) is 7.11 Å². The number of rotatable bonds is 7. The molecule has 0 saturated carbocycles. The Kier molecular flexibility index (Phi) is 7.85. The summed E-state index contributed by atoms with van der Waals surface area (Å²) in [6.07, 6.45) is 1.88. The monoisotopic (exact) mass is 438 g/mol. The Bertz CT molecular complexity index is 860. The molecule has 0 unspecified atom stereocenters. The molecule has 0 aliphatic carbocycles. The lowest BCUT2D eigenvalue weighted by molar-refractivity contribution is 0.0341. The van der Waals surface area contributed by atoms with E-state index in [1.807, 2.05) is 18.2 Å². The Hall–Kier alpha value is -2.77. The van der Waals surface area contributed by atoms with Gasteiger partial charge >= 0.3 is 6.03 Å². The van der Waals surface area contributed by atoms with E-state index in [2.05, 4.69) is 50.8 Å². The van der Waals surface area contributed by atoms with Crippen molar-refractivity contribution in [2.75, 3.05) is 51.4 Å². The second-order valence-corrected chi connectivity index (χ2v) is 8.44. The lowest BCUT2D eigenvalue weighted by Crippen LogP contribution is -2.47. The van der Waals surface area contributed by atoms with Crippen LogP contribution in [0.15, 0.2) is 48.5 Å². The fraction of sp³-hybridized carbons (Fsp3) is 0.480. The highest BCUT2D eigenvalue weighted by molar-refractivity contribution is 5.74. The number of nitrogens with one attached hydrogen (secondary N) is 2. The summed E-state index contributed by atoms with van der Waals surface area (Å²) in [5.74, 6) is 0.869. The summed E-state index contributed by atoms with van der Waals surface area (Å²) in [5.41, 5.74) is 3.64. The number of amides is 2. The zero-order valence-electron chi connectivity index (χ0n) is 18.9. The van der Waals surface area contributed by atoms with Gasteiger partial charge in [-0.25, -0.2) is 4.79 Å². The van der Waals surface area contributed by atoms with Gasteiger partial charge in [-0.05, 0) is 48.2 Å². The van der Waals surface area contributed by atoms with Crippen molar-refractivity contribution in [1.82, 2.24) is 15.5 Å². The second kappa shape index (κ2) is 11.2. The number of benzene rings is 2. The molecule has 0 aromatic heterocycles. The molecule has 0 radical (unpaired) electrons. The van der Waals surface area contributed by atoms with Crippen LogP contribution in [0.5, 0.6) is 5.75 Å². The minimum absolute atomic E-state index is 0.0888. The highest BCUT2D eigenvalue weighted by Crippen LogP contribution is 2.23. The first-order valence-corrected chi connectivity index (χ1v) is 11.5. The Morgan fingerprint density at radius 2 is 1.69 bits per heavy atom. The largest absolute Gasteiger partial charge is 0.497 e. The van der Waals surface area contributed by atoms with Crippen molar-refractivity contribution < 1.29 is 14.3 Å². The van der Waals surface area contributed by atoms with Gasteiger partial charge in [0.2, 0.25) is 0 Å². The van der Waals surface area contributed by atoms with Crippen LogP contribution in [0.3, 0.4) is 0 Å². The first-order valence-electron chi connectivity index (χ1n) is 11.5. The topological polar surface area (TPSA) is 66.1 Å². The van der Waals surface area contributed by atoms with E-state index in [9.17, 15) is 4.79 Å². The van der Waals surface area contributed by atoms with Gasteiger partial charge in [0.25, 0.3) is 0 Å². The minimum atomic E-state index is -0.0888. The zero-order chi connectivity index (χ0) is 22.2. The Morgan fingerprint density at radius 3 is 2.38 bits per heavy atom. The predicted molar refractivity (Wildman–Crippen MR) is 126 cm³/mol. The molecule has 2 amide bonds. The van der Waals surface area contributed by atoms with E-state index >= 15 is 0 Å². The van der Waals surface area contributed by atoms with Crippen molar-refractivity contribution in [3.05, 3.63) is 59.7 Å². The van der Waals surface area contributed by atoms with E-state index in [1.165, 1.54) is 16.8 Å². The Morgan fingerprint density at radius 1 is 1.00 bits per heavy atom. The maximum Gasteiger partial charge on any atom is 0.315 e. The molecule has 0 spiro atoms. The molecule has 2 heterocycles. The van der Waals surface area contributed by atoms with Crippen molar-refractivity contribution in [1.29, 1.82) is 0 Å². The van der Waals surface area contributed by atoms with Crippen molar-refractivity contribution in [2.24, 2.45) is 0 Å². The molecule has 2 aromatic carbocycles. The van der Waals surface area contributed by atoms with E-state index < -0.39 is 0 Å². The van der Waals surface area contributed by atoms with Gasteiger partial charge in [0.1, 0.15) is 5.75 Å². The molecule has 32 heavy (non-hydrogen) atoms. The summed E-state index contributed by atoms with van der Waals surface area (Å²) in [6.45, 7) is 6.79. The molecule has 7 heteroatoms. The smallest absolute Gasteiger partial charge is 0.315 e. The van der Waals surface area contributed by atoms with E-state index in [0.717, 1.165) is 64.5 Å². The summed E-state index contributed by atoms with van der Waals surface area (Å²) >= 11 is 0. The molecule has 172 valence electrons. The summed E-state index contributed by atoms with van der Waals surface area (Å²) < 4.78 is 10.7. The fourth-order valence-electron chi connectivity index (χ4n) is 4.37. The van der Waals surface area contributed by atoms with Gasteiger partial charge in [-0.1, -0.05) is 24.3 Å². The molecule has 2 N–H and O–H groups in total. The average Bonchev–Trinajstić information content (AvgIpc) is 2.85. The maximum atomic E-state index is 12.5. The summed E-state index contributed by atoms with van der Waals surface area (Å²) in [5, 5.41) is 6.22. The van der Waals surface area contributed by atoms with Gasteiger partial charge in [-0.3, -0.25) is 4.90 Å². The highest BCUT2D eigenvalue weighted by atomic mass is 16.5. The number of anilines is 1. The first-order chi connectivity index (χ1) is 15.7. The molecule has 0 bridgehead atoms.